The van der Waals surface area contributed by atoms with Gasteiger partial charge in [-0.25, -0.2) is 0 Å². The zero-order valence-electron chi connectivity index (χ0n) is 11.7. The number of aliphatic hydroxyl groups excluding tert-OH is 1. The molecule has 2 rings (SSSR count). The van der Waals surface area contributed by atoms with E-state index in [0.717, 1.165) is 7.11 Å². The normalized spacial score (nSPS) is 14.2. The molecule has 3 N–H and O–H groups in total. The fourth-order valence-corrected chi connectivity index (χ4v) is 2.38. The van der Waals surface area contributed by atoms with Crippen molar-refractivity contribution in [1.82, 2.24) is 0 Å². The Kier molecular flexibility index (Phi) is 3.51. The molecule has 1 aliphatic carbocycles. The second kappa shape index (κ2) is 5.01. The third kappa shape index (κ3) is 1.81. The molecule has 21 heavy (non-hydrogen) atoms. The first-order valence-corrected chi connectivity index (χ1v) is 6.11. The van der Waals surface area contributed by atoms with Crippen LogP contribution >= 0.6 is 0 Å². The van der Waals surface area contributed by atoms with E-state index in [1.807, 2.05) is 0 Å². The fourth-order valence-electron chi connectivity index (χ4n) is 2.38. The molecule has 0 saturated heterocycles. The Morgan fingerprint density at radius 3 is 2.00 bits per heavy atom. The van der Waals surface area contributed by atoms with E-state index in [1.165, 1.54) is 7.11 Å². The second-order valence-corrected chi connectivity index (χ2v) is 4.35. The number of aliphatic hydroxyl groups is 1. The van der Waals surface area contributed by atoms with Gasteiger partial charge in [-0.3, -0.25) is 9.59 Å². The molecule has 7 heteroatoms. The molecule has 0 atom stereocenters. The van der Waals surface area contributed by atoms with Crippen LogP contribution in [0.15, 0.2) is 5.76 Å². The molecule has 0 bridgehead atoms. The molecular weight excluding hydrogens is 280 g/mol. The second-order valence-electron chi connectivity index (χ2n) is 4.35. The van der Waals surface area contributed by atoms with E-state index in [2.05, 4.69) is 0 Å². The molecule has 112 valence electrons. The van der Waals surface area contributed by atoms with Crippen LogP contribution in [-0.4, -0.2) is 41.1 Å². The highest BCUT2D eigenvalue weighted by Crippen LogP contribution is 2.48. The van der Waals surface area contributed by atoms with E-state index in [4.69, 9.17) is 9.47 Å². The number of carbonyl (C=O) groups excluding carboxylic acids is 2. The number of benzene rings is 1. The molecule has 0 aromatic heterocycles. The molecule has 0 radical (unpaired) electrons. The van der Waals surface area contributed by atoms with E-state index in [0.29, 0.717) is 0 Å². The number of hydrogen-bond donors (Lipinski definition) is 3. The summed E-state index contributed by atoms with van der Waals surface area (Å²) in [6.45, 7) is 1.69. The summed E-state index contributed by atoms with van der Waals surface area (Å²) in [5.41, 5.74) is -0.616. The van der Waals surface area contributed by atoms with Gasteiger partial charge in [0.25, 0.3) is 5.78 Å². The Morgan fingerprint density at radius 1 is 0.905 bits per heavy atom. The third-order valence-corrected chi connectivity index (χ3v) is 3.35. The Hall–Kier alpha value is -2.70. The van der Waals surface area contributed by atoms with Crippen LogP contribution in [0.4, 0.5) is 0 Å². The van der Waals surface area contributed by atoms with Gasteiger partial charge in [0.05, 0.1) is 25.3 Å². The number of phenols is 2. The van der Waals surface area contributed by atoms with Gasteiger partial charge in [0.15, 0.2) is 17.3 Å². The number of fused-ring (bicyclic) bond motifs is 1. The number of allylic oxidation sites excluding steroid dienone is 1. The zero-order chi connectivity index (χ0) is 15.9. The minimum absolute atomic E-state index is 0.108. The molecule has 1 aromatic rings. The standard InChI is InChI=1S/C14H14O7/c1-4-5-8(15)6-7(10(17)13(5)20-2)9(16)12(19)14(21-3)11(6)18/h15,17-18H,4H2,1-3H3. The van der Waals surface area contributed by atoms with E-state index in [9.17, 15) is 24.9 Å². The number of hydrogen-bond acceptors (Lipinski definition) is 7. The Labute approximate surface area is 120 Å². The van der Waals surface area contributed by atoms with Gasteiger partial charge in [-0.2, -0.15) is 0 Å². The Morgan fingerprint density at radius 2 is 1.52 bits per heavy atom. The lowest BCUT2D eigenvalue weighted by Gasteiger charge is -2.22. The van der Waals surface area contributed by atoms with Crippen LogP contribution in [0.1, 0.15) is 28.4 Å². The molecule has 0 fully saturated rings. The number of ether oxygens (including phenoxy) is 2. The number of Topliss-reactive ketones (excluding diaryl/α,β-unsaturated/α-hetero) is 2. The summed E-state index contributed by atoms with van der Waals surface area (Å²) in [6.07, 6.45) is 0.271. The highest BCUT2D eigenvalue weighted by atomic mass is 16.5. The third-order valence-electron chi connectivity index (χ3n) is 3.35. The van der Waals surface area contributed by atoms with Crippen molar-refractivity contribution >= 4 is 17.3 Å². The van der Waals surface area contributed by atoms with Crippen LogP contribution in [0.5, 0.6) is 17.2 Å². The zero-order valence-corrected chi connectivity index (χ0v) is 11.7. The van der Waals surface area contributed by atoms with Gasteiger partial charge in [0.1, 0.15) is 5.75 Å². The first-order chi connectivity index (χ1) is 9.90. The predicted octanol–water partition coefficient (Wildman–Crippen LogP) is 1.31. The maximum Gasteiger partial charge on any atom is 0.272 e. The van der Waals surface area contributed by atoms with Crippen LogP contribution in [0, 0.1) is 0 Å². The van der Waals surface area contributed by atoms with E-state index in [1.54, 1.807) is 6.92 Å². The van der Waals surface area contributed by atoms with E-state index in [-0.39, 0.29) is 23.3 Å². The monoisotopic (exact) mass is 294 g/mol. The van der Waals surface area contributed by atoms with Gasteiger partial charge < -0.3 is 24.8 Å². The quantitative estimate of drug-likeness (QED) is 0.569. The lowest BCUT2D eigenvalue weighted by atomic mass is 9.88. The van der Waals surface area contributed by atoms with Gasteiger partial charge in [0, 0.05) is 5.56 Å². The Bertz CT molecular complexity index is 685. The predicted molar refractivity (Wildman–Crippen MR) is 71.6 cm³/mol. The van der Waals surface area contributed by atoms with Crippen molar-refractivity contribution in [3.05, 3.63) is 22.4 Å². The number of phenolic OH excluding ortho intramolecular Hbond substituents is 2. The summed E-state index contributed by atoms with van der Waals surface area (Å²) in [5, 5.41) is 30.5. The van der Waals surface area contributed by atoms with Gasteiger partial charge >= 0.3 is 0 Å². The molecule has 0 saturated carbocycles. The first kappa shape index (κ1) is 14.7. The van der Waals surface area contributed by atoms with Crippen molar-refractivity contribution in [2.45, 2.75) is 13.3 Å². The minimum atomic E-state index is -1.11. The number of methoxy groups -OCH3 is 2. The summed E-state index contributed by atoms with van der Waals surface area (Å²) in [7, 11) is 2.37. The molecule has 7 nitrogen and oxygen atoms in total. The number of rotatable bonds is 3. The topological polar surface area (TPSA) is 113 Å². The summed E-state index contributed by atoms with van der Waals surface area (Å²) < 4.78 is 9.69. The molecule has 0 amide bonds. The van der Waals surface area contributed by atoms with Crippen LogP contribution < -0.4 is 4.74 Å². The van der Waals surface area contributed by atoms with Crippen LogP contribution in [0.25, 0.3) is 5.76 Å². The largest absolute Gasteiger partial charge is 0.507 e. The summed E-state index contributed by atoms with van der Waals surface area (Å²) in [5.74, 6) is -4.60. The average Bonchev–Trinajstić information content (AvgIpc) is 2.46. The van der Waals surface area contributed by atoms with Crippen LogP contribution in [-0.2, 0) is 16.0 Å². The summed E-state index contributed by atoms with van der Waals surface area (Å²) in [4.78, 5) is 23.9. The minimum Gasteiger partial charge on any atom is -0.507 e. The van der Waals surface area contributed by atoms with Crippen molar-refractivity contribution < 1.29 is 34.4 Å². The highest BCUT2D eigenvalue weighted by Gasteiger charge is 2.40. The molecule has 1 aliphatic rings. The molecule has 0 aliphatic heterocycles. The smallest absolute Gasteiger partial charge is 0.272 e. The molecule has 0 spiro atoms. The Balaban J connectivity index is 2.97. The van der Waals surface area contributed by atoms with Crippen molar-refractivity contribution in [3.63, 3.8) is 0 Å². The SMILES string of the molecule is CCc1c(O)c2c(c(O)c1OC)C(=O)C(=O)C(OC)=C2O. The number of ketones is 2. The number of carbonyl (C=O) groups is 2. The lowest BCUT2D eigenvalue weighted by Crippen LogP contribution is -2.25. The van der Waals surface area contributed by atoms with Crippen molar-refractivity contribution in [1.29, 1.82) is 0 Å². The summed E-state index contributed by atoms with van der Waals surface area (Å²) in [6, 6.07) is 0. The molecular formula is C14H14O7. The van der Waals surface area contributed by atoms with Crippen molar-refractivity contribution in [2.24, 2.45) is 0 Å². The van der Waals surface area contributed by atoms with Crippen LogP contribution in [0.2, 0.25) is 0 Å². The van der Waals surface area contributed by atoms with E-state index < -0.39 is 40.1 Å². The lowest BCUT2D eigenvalue weighted by molar-refractivity contribution is -0.114. The van der Waals surface area contributed by atoms with Gasteiger partial charge in [-0.05, 0) is 6.42 Å². The van der Waals surface area contributed by atoms with Crippen molar-refractivity contribution in [3.8, 4) is 17.2 Å². The first-order valence-electron chi connectivity index (χ1n) is 6.11. The molecule has 0 unspecified atom stereocenters. The molecule has 0 heterocycles. The van der Waals surface area contributed by atoms with Crippen molar-refractivity contribution in [2.75, 3.05) is 14.2 Å². The van der Waals surface area contributed by atoms with Gasteiger partial charge in [0.2, 0.25) is 11.5 Å². The maximum atomic E-state index is 12.1. The molecule has 1 aromatic carbocycles. The highest BCUT2D eigenvalue weighted by molar-refractivity contribution is 6.52. The fraction of sp³-hybridized carbons (Fsp3) is 0.286. The average molecular weight is 294 g/mol. The maximum absolute atomic E-state index is 12.1. The van der Waals surface area contributed by atoms with Gasteiger partial charge in [-0.1, -0.05) is 6.92 Å². The van der Waals surface area contributed by atoms with Crippen LogP contribution in [0.3, 0.4) is 0 Å². The van der Waals surface area contributed by atoms with Gasteiger partial charge in [-0.15, -0.1) is 0 Å². The number of aromatic hydroxyl groups is 2. The summed E-state index contributed by atoms with van der Waals surface area (Å²) >= 11 is 0. The van der Waals surface area contributed by atoms with E-state index >= 15 is 0 Å².